The van der Waals surface area contributed by atoms with Crippen molar-refractivity contribution < 1.29 is 44.0 Å². The number of nitrogens with two attached hydrogens (primary N) is 1. The van der Waals surface area contributed by atoms with Crippen molar-refractivity contribution in [2.45, 2.75) is 31.9 Å². The van der Waals surface area contributed by atoms with Crippen molar-refractivity contribution in [2.75, 3.05) is 72.0 Å². The highest BCUT2D eigenvalue weighted by atomic mass is 16.5. The summed E-state index contributed by atoms with van der Waals surface area (Å²) in [6, 6.07) is 8.52. The number of unbranched alkanes of at least 4 members (excludes halogenated alkanes) is 1. The molecule has 15 heteroatoms. The maximum absolute atomic E-state index is 12.6. The van der Waals surface area contributed by atoms with Crippen LogP contribution in [0.1, 0.15) is 24.8 Å². The summed E-state index contributed by atoms with van der Waals surface area (Å²) < 4.78 is 5.24. The number of hydrogen-bond donors (Lipinski definition) is 7. The van der Waals surface area contributed by atoms with Crippen LogP contribution in [0.15, 0.2) is 30.3 Å². The lowest BCUT2D eigenvalue weighted by atomic mass is 10.1. The van der Waals surface area contributed by atoms with Gasteiger partial charge in [0, 0.05) is 45.8 Å². The SMILES string of the molecule is NC(CCCCNC(=O)CN(CCNCC(=O)O)CCN(CCNCC(=O)O)CC(=O)O)C(=O)OCc1ccccc1. The van der Waals surface area contributed by atoms with Crippen molar-refractivity contribution in [3.05, 3.63) is 35.9 Å². The first-order chi connectivity index (χ1) is 20.1. The van der Waals surface area contributed by atoms with E-state index in [1.165, 1.54) is 0 Å². The van der Waals surface area contributed by atoms with Crippen LogP contribution in [0.2, 0.25) is 0 Å². The molecule has 0 saturated carbocycles. The predicted molar refractivity (Wildman–Crippen MR) is 153 cm³/mol. The Hall–Kier alpha value is -3.63. The van der Waals surface area contributed by atoms with Crippen molar-refractivity contribution >= 4 is 29.8 Å². The Morgan fingerprint density at radius 2 is 1.33 bits per heavy atom. The fourth-order valence-electron chi connectivity index (χ4n) is 3.81. The second kappa shape index (κ2) is 22.0. The number of amides is 1. The Morgan fingerprint density at radius 1 is 0.762 bits per heavy atom. The highest BCUT2D eigenvalue weighted by molar-refractivity contribution is 5.78. The van der Waals surface area contributed by atoms with Crippen LogP contribution in [-0.2, 0) is 35.3 Å². The lowest BCUT2D eigenvalue weighted by molar-refractivity contribution is -0.147. The van der Waals surface area contributed by atoms with Gasteiger partial charge in [-0.05, 0) is 24.8 Å². The number of esters is 1. The van der Waals surface area contributed by atoms with E-state index in [-0.39, 0.29) is 45.2 Å². The zero-order valence-corrected chi connectivity index (χ0v) is 23.8. The smallest absolute Gasteiger partial charge is 0.323 e. The molecule has 0 heterocycles. The summed E-state index contributed by atoms with van der Waals surface area (Å²) in [6.07, 6.45) is 1.61. The Morgan fingerprint density at radius 3 is 1.88 bits per heavy atom. The molecular weight excluding hydrogens is 552 g/mol. The van der Waals surface area contributed by atoms with Gasteiger partial charge in [0.2, 0.25) is 5.91 Å². The van der Waals surface area contributed by atoms with E-state index in [0.29, 0.717) is 58.5 Å². The second-order valence-corrected chi connectivity index (χ2v) is 9.63. The van der Waals surface area contributed by atoms with E-state index in [4.69, 9.17) is 20.7 Å². The van der Waals surface area contributed by atoms with E-state index in [0.717, 1.165) is 5.56 Å². The zero-order chi connectivity index (χ0) is 31.2. The number of carboxylic acids is 3. The Bertz CT molecular complexity index is 967. The topological polar surface area (TPSA) is 224 Å². The first-order valence-electron chi connectivity index (χ1n) is 13.8. The van der Waals surface area contributed by atoms with E-state index in [1.54, 1.807) is 9.80 Å². The summed E-state index contributed by atoms with van der Waals surface area (Å²) in [4.78, 5) is 60.8. The summed E-state index contributed by atoms with van der Waals surface area (Å²) in [5, 5.41) is 35.1. The fourth-order valence-corrected chi connectivity index (χ4v) is 3.81. The molecule has 0 spiro atoms. The summed E-state index contributed by atoms with van der Waals surface area (Å²) in [7, 11) is 0. The molecule has 0 aliphatic heterocycles. The van der Waals surface area contributed by atoms with E-state index in [9.17, 15) is 29.1 Å². The summed E-state index contributed by atoms with van der Waals surface area (Å²) in [6.45, 7) is 1.64. The molecule has 0 radical (unpaired) electrons. The van der Waals surface area contributed by atoms with Crippen LogP contribution in [-0.4, -0.2) is 133 Å². The number of carbonyl (C=O) groups is 5. The van der Waals surface area contributed by atoms with Gasteiger partial charge in [0.1, 0.15) is 12.6 Å². The van der Waals surface area contributed by atoms with Gasteiger partial charge in [-0.3, -0.25) is 33.8 Å². The van der Waals surface area contributed by atoms with Crippen LogP contribution in [0.25, 0.3) is 0 Å². The minimum Gasteiger partial charge on any atom is -0.480 e. The van der Waals surface area contributed by atoms with Crippen molar-refractivity contribution in [1.82, 2.24) is 25.8 Å². The third-order valence-electron chi connectivity index (χ3n) is 6.01. The molecule has 15 nitrogen and oxygen atoms in total. The molecular formula is C27H44N6O9. The van der Waals surface area contributed by atoms with Gasteiger partial charge in [-0.2, -0.15) is 0 Å². The third kappa shape index (κ3) is 19.4. The van der Waals surface area contributed by atoms with Crippen LogP contribution < -0.4 is 21.7 Å². The van der Waals surface area contributed by atoms with Gasteiger partial charge in [0.15, 0.2) is 0 Å². The number of hydrogen-bond acceptors (Lipinski definition) is 11. The highest BCUT2D eigenvalue weighted by Crippen LogP contribution is 2.05. The average Bonchev–Trinajstić information content (AvgIpc) is 2.94. The van der Waals surface area contributed by atoms with E-state index in [1.807, 2.05) is 30.3 Å². The highest BCUT2D eigenvalue weighted by Gasteiger charge is 2.16. The van der Waals surface area contributed by atoms with Crippen LogP contribution >= 0.6 is 0 Å². The van der Waals surface area contributed by atoms with Crippen LogP contribution in [0.5, 0.6) is 0 Å². The van der Waals surface area contributed by atoms with Gasteiger partial charge >= 0.3 is 23.9 Å². The molecule has 42 heavy (non-hydrogen) atoms. The number of nitrogens with one attached hydrogen (secondary N) is 3. The van der Waals surface area contributed by atoms with Gasteiger partial charge in [-0.15, -0.1) is 0 Å². The van der Waals surface area contributed by atoms with Gasteiger partial charge in [0.25, 0.3) is 0 Å². The standard InChI is InChI=1S/C27H44N6O9/c28-22(27(41)42-20-21-6-2-1-3-7-21)8-4-5-9-31-23(34)18-32(12-10-29-16-24(35)36)14-15-33(19-26(39)40)13-11-30-17-25(37)38/h1-3,6-7,22,29-30H,4-5,8-20,28H2,(H,31,34)(H,35,36)(H,37,38)(H,39,40). The summed E-state index contributed by atoms with van der Waals surface area (Å²) in [5.41, 5.74) is 6.79. The molecule has 0 aliphatic carbocycles. The molecule has 1 aromatic carbocycles. The maximum Gasteiger partial charge on any atom is 0.323 e. The number of ether oxygens (including phenoxy) is 1. The second-order valence-electron chi connectivity index (χ2n) is 9.63. The van der Waals surface area contributed by atoms with Gasteiger partial charge in [-0.25, -0.2) is 0 Å². The van der Waals surface area contributed by atoms with E-state index >= 15 is 0 Å². The first-order valence-corrected chi connectivity index (χ1v) is 13.8. The Labute approximate surface area is 245 Å². The molecule has 1 amide bonds. The number of nitrogens with zero attached hydrogens (tertiary/aromatic N) is 2. The van der Waals surface area contributed by atoms with Crippen LogP contribution in [0, 0.1) is 0 Å². The number of carbonyl (C=O) groups excluding carboxylic acids is 2. The number of carboxylic acid groups (broad SMARTS) is 3. The van der Waals surface area contributed by atoms with Crippen molar-refractivity contribution in [3.63, 3.8) is 0 Å². The lowest BCUT2D eigenvalue weighted by Gasteiger charge is -2.26. The minimum absolute atomic E-state index is 0.0122. The van der Waals surface area contributed by atoms with Crippen molar-refractivity contribution in [1.29, 1.82) is 0 Å². The molecule has 1 rings (SSSR count). The van der Waals surface area contributed by atoms with Gasteiger partial charge in [0.05, 0.1) is 26.2 Å². The Kier molecular flexibility index (Phi) is 19.1. The van der Waals surface area contributed by atoms with E-state index in [2.05, 4.69) is 16.0 Å². The Balaban J connectivity index is 2.44. The van der Waals surface area contributed by atoms with Crippen LogP contribution in [0.4, 0.5) is 0 Å². The molecule has 1 unspecified atom stereocenters. The van der Waals surface area contributed by atoms with Crippen molar-refractivity contribution in [3.8, 4) is 0 Å². The molecule has 1 atom stereocenters. The van der Waals surface area contributed by atoms with Gasteiger partial charge < -0.3 is 41.7 Å². The molecule has 0 aliphatic rings. The molecule has 1 aromatic rings. The van der Waals surface area contributed by atoms with E-state index < -0.39 is 29.9 Å². The first kappa shape index (κ1) is 36.4. The third-order valence-corrected chi connectivity index (χ3v) is 6.01. The predicted octanol–water partition coefficient (Wildman–Crippen LogP) is -1.62. The number of rotatable bonds is 25. The normalized spacial score (nSPS) is 11.8. The summed E-state index contributed by atoms with van der Waals surface area (Å²) >= 11 is 0. The van der Waals surface area contributed by atoms with Crippen LogP contribution in [0.3, 0.4) is 0 Å². The zero-order valence-electron chi connectivity index (χ0n) is 23.8. The maximum atomic E-state index is 12.6. The molecule has 8 N–H and O–H groups in total. The molecule has 0 aromatic heterocycles. The molecule has 0 saturated heterocycles. The quantitative estimate of drug-likeness (QED) is 0.0498. The van der Waals surface area contributed by atoms with Gasteiger partial charge in [-0.1, -0.05) is 30.3 Å². The largest absolute Gasteiger partial charge is 0.480 e. The number of aliphatic carboxylic acids is 3. The monoisotopic (exact) mass is 596 g/mol. The average molecular weight is 597 g/mol. The fraction of sp³-hybridized carbons (Fsp3) is 0.593. The minimum atomic E-state index is -1.04. The summed E-state index contributed by atoms with van der Waals surface area (Å²) in [5.74, 6) is -3.80. The molecule has 236 valence electrons. The lowest BCUT2D eigenvalue weighted by Crippen LogP contribution is -2.46. The molecule has 0 fully saturated rings. The molecule has 0 bridgehead atoms. The number of benzene rings is 1. The van der Waals surface area contributed by atoms with Crippen molar-refractivity contribution in [2.24, 2.45) is 5.73 Å².